The SMILES string of the molecule is CC(=O)OCC=C(COC(C)=O)C(=O)O. The normalized spacial score (nSPS) is 10.7. The third-order valence-corrected chi connectivity index (χ3v) is 1.32. The average molecular weight is 216 g/mol. The monoisotopic (exact) mass is 216 g/mol. The second kappa shape index (κ2) is 6.58. The number of carbonyl (C=O) groups is 3. The van der Waals surface area contributed by atoms with Crippen molar-refractivity contribution >= 4 is 17.9 Å². The van der Waals surface area contributed by atoms with Gasteiger partial charge >= 0.3 is 17.9 Å². The zero-order valence-corrected chi connectivity index (χ0v) is 8.48. The van der Waals surface area contributed by atoms with Crippen LogP contribution < -0.4 is 0 Å². The molecule has 0 aromatic heterocycles. The summed E-state index contributed by atoms with van der Waals surface area (Å²) in [6.45, 7) is 1.88. The van der Waals surface area contributed by atoms with Crippen molar-refractivity contribution in [1.82, 2.24) is 0 Å². The summed E-state index contributed by atoms with van der Waals surface area (Å²) in [5.74, 6) is -2.30. The van der Waals surface area contributed by atoms with Crippen LogP contribution in [-0.4, -0.2) is 36.2 Å². The van der Waals surface area contributed by atoms with Gasteiger partial charge in [-0.3, -0.25) is 9.59 Å². The zero-order valence-electron chi connectivity index (χ0n) is 8.48. The van der Waals surface area contributed by atoms with Gasteiger partial charge in [-0.05, 0) is 6.08 Å². The van der Waals surface area contributed by atoms with Gasteiger partial charge in [0.1, 0.15) is 13.2 Å². The maximum atomic E-state index is 10.6. The molecule has 0 amide bonds. The molecule has 0 fully saturated rings. The smallest absolute Gasteiger partial charge is 0.334 e. The second-order valence-corrected chi connectivity index (χ2v) is 2.62. The summed E-state index contributed by atoms with van der Waals surface area (Å²) in [5, 5.41) is 8.65. The molecule has 0 spiro atoms. The summed E-state index contributed by atoms with van der Waals surface area (Å²) in [7, 11) is 0. The van der Waals surface area contributed by atoms with Gasteiger partial charge in [-0.1, -0.05) is 0 Å². The first-order valence-electron chi connectivity index (χ1n) is 4.12. The van der Waals surface area contributed by atoms with Crippen molar-refractivity contribution < 1.29 is 29.0 Å². The minimum absolute atomic E-state index is 0.133. The lowest BCUT2D eigenvalue weighted by Crippen LogP contribution is -2.12. The third kappa shape index (κ3) is 7.24. The molecule has 0 atom stereocenters. The Hall–Kier alpha value is -1.85. The number of esters is 2. The van der Waals surface area contributed by atoms with E-state index in [1.54, 1.807) is 0 Å². The van der Waals surface area contributed by atoms with Crippen LogP contribution in [0.4, 0.5) is 0 Å². The molecule has 0 aliphatic carbocycles. The van der Waals surface area contributed by atoms with Crippen molar-refractivity contribution in [3.8, 4) is 0 Å². The highest BCUT2D eigenvalue weighted by atomic mass is 16.5. The first kappa shape index (κ1) is 13.2. The first-order chi connectivity index (χ1) is 6.93. The Balaban J connectivity index is 4.19. The van der Waals surface area contributed by atoms with E-state index in [0.29, 0.717) is 0 Å². The van der Waals surface area contributed by atoms with Crippen LogP contribution in [0.2, 0.25) is 0 Å². The molecule has 0 aromatic rings. The standard InChI is InChI=1S/C9H12O6/c1-6(10)14-4-3-8(9(12)13)5-15-7(2)11/h3H,4-5H2,1-2H3,(H,12,13). The number of aliphatic carboxylic acids is 1. The van der Waals surface area contributed by atoms with Gasteiger partial charge in [0.25, 0.3) is 0 Å². The Morgan fingerprint density at radius 1 is 1.13 bits per heavy atom. The number of carboxylic acid groups (broad SMARTS) is 1. The van der Waals surface area contributed by atoms with Gasteiger partial charge in [-0.15, -0.1) is 0 Å². The Kier molecular flexibility index (Phi) is 5.77. The van der Waals surface area contributed by atoms with Gasteiger partial charge in [0, 0.05) is 13.8 Å². The number of hydrogen-bond donors (Lipinski definition) is 1. The average Bonchev–Trinajstić information content (AvgIpc) is 2.09. The Morgan fingerprint density at radius 2 is 1.67 bits per heavy atom. The van der Waals surface area contributed by atoms with Crippen molar-refractivity contribution in [3.63, 3.8) is 0 Å². The van der Waals surface area contributed by atoms with E-state index in [4.69, 9.17) is 5.11 Å². The van der Waals surface area contributed by atoms with Crippen LogP contribution in [0.15, 0.2) is 11.6 Å². The molecule has 0 bridgehead atoms. The molecule has 6 heteroatoms. The number of ether oxygens (including phenoxy) is 2. The van der Waals surface area contributed by atoms with Crippen molar-refractivity contribution in [1.29, 1.82) is 0 Å². The largest absolute Gasteiger partial charge is 0.478 e. The van der Waals surface area contributed by atoms with Crippen molar-refractivity contribution in [2.45, 2.75) is 13.8 Å². The topological polar surface area (TPSA) is 89.9 Å². The Morgan fingerprint density at radius 3 is 2.07 bits per heavy atom. The van der Waals surface area contributed by atoms with Crippen LogP contribution in [0.3, 0.4) is 0 Å². The minimum atomic E-state index is -1.22. The molecule has 15 heavy (non-hydrogen) atoms. The van der Waals surface area contributed by atoms with Gasteiger partial charge in [0.05, 0.1) is 5.57 Å². The molecule has 0 saturated carbocycles. The quantitative estimate of drug-likeness (QED) is 0.518. The molecule has 0 unspecified atom stereocenters. The number of carboxylic acids is 1. The van der Waals surface area contributed by atoms with Gasteiger partial charge in [0.15, 0.2) is 0 Å². The van der Waals surface area contributed by atoms with E-state index in [9.17, 15) is 14.4 Å². The van der Waals surface area contributed by atoms with E-state index in [1.807, 2.05) is 0 Å². The molecule has 0 radical (unpaired) electrons. The predicted octanol–water partition coefficient (Wildman–Crippen LogP) is 0.124. The van der Waals surface area contributed by atoms with Crippen LogP contribution in [0.5, 0.6) is 0 Å². The highest BCUT2D eigenvalue weighted by Gasteiger charge is 2.08. The van der Waals surface area contributed by atoms with Gasteiger partial charge in [-0.2, -0.15) is 0 Å². The van der Waals surface area contributed by atoms with E-state index in [0.717, 1.165) is 0 Å². The van der Waals surface area contributed by atoms with Gasteiger partial charge < -0.3 is 14.6 Å². The van der Waals surface area contributed by atoms with Crippen molar-refractivity contribution in [2.24, 2.45) is 0 Å². The summed E-state index contributed by atoms with van der Waals surface area (Å²) in [6, 6.07) is 0. The van der Waals surface area contributed by atoms with Gasteiger partial charge in [-0.25, -0.2) is 4.79 Å². The lowest BCUT2D eigenvalue weighted by Gasteiger charge is -2.03. The zero-order chi connectivity index (χ0) is 11.8. The highest BCUT2D eigenvalue weighted by Crippen LogP contribution is 1.97. The summed E-state index contributed by atoms with van der Waals surface area (Å²) in [6.07, 6.45) is 1.17. The Labute approximate surface area is 86.5 Å². The van der Waals surface area contributed by atoms with E-state index in [1.165, 1.54) is 19.9 Å². The molecular formula is C9H12O6. The maximum Gasteiger partial charge on any atom is 0.334 e. The molecule has 0 aromatic carbocycles. The maximum absolute atomic E-state index is 10.6. The van der Waals surface area contributed by atoms with Crippen molar-refractivity contribution in [3.05, 3.63) is 11.6 Å². The number of carbonyl (C=O) groups excluding carboxylic acids is 2. The number of rotatable bonds is 5. The summed E-state index contributed by atoms with van der Waals surface area (Å²) in [4.78, 5) is 31.4. The lowest BCUT2D eigenvalue weighted by atomic mass is 10.3. The summed E-state index contributed by atoms with van der Waals surface area (Å²) >= 11 is 0. The fraction of sp³-hybridized carbons (Fsp3) is 0.444. The molecule has 0 aliphatic heterocycles. The van der Waals surface area contributed by atoms with E-state index in [2.05, 4.69) is 9.47 Å². The predicted molar refractivity (Wildman–Crippen MR) is 49.0 cm³/mol. The highest BCUT2D eigenvalue weighted by molar-refractivity contribution is 5.87. The van der Waals surface area contributed by atoms with Crippen molar-refractivity contribution in [2.75, 3.05) is 13.2 Å². The van der Waals surface area contributed by atoms with E-state index < -0.39 is 17.9 Å². The fourth-order valence-electron chi connectivity index (χ4n) is 0.647. The summed E-state index contributed by atoms with van der Waals surface area (Å²) in [5.41, 5.74) is -0.133. The Bertz CT molecular complexity index is 291. The molecule has 0 saturated heterocycles. The van der Waals surface area contributed by atoms with Crippen LogP contribution in [0.1, 0.15) is 13.8 Å². The first-order valence-corrected chi connectivity index (χ1v) is 4.12. The molecule has 1 N–H and O–H groups in total. The second-order valence-electron chi connectivity index (χ2n) is 2.62. The number of hydrogen-bond acceptors (Lipinski definition) is 5. The summed E-state index contributed by atoms with van der Waals surface area (Å²) < 4.78 is 9.00. The molecule has 0 aliphatic rings. The molecular weight excluding hydrogens is 204 g/mol. The van der Waals surface area contributed by atoms with E-state index in [-0.39, 0.29) is 18.8 Å². The third-order valence-electron chi connectivity index (χ3n) is 1.32. The lowest BCUT2D eigenvalue weighted by molar-refractivity contribution is -0.142. The van der Waals surface area contributed by atoms with Crippen LogP contribution >= 0.6 is 0 Å². The minimum Gasteiger partial charge on any atom is -0.478 e. The van der Waals surface area contributed by atoms with Gasteiger partial charge in [0.2, 0.25) is 0 Å². The van der Waals surface area contributed by atoms with E-state index >= 15 is 0 Å². The fourth-order valence-corrected chi connectivity index (χ4v) is 0.647. The molecule has 84 valence electrons. The molecule has 0 heterocycles. The van der Waals surface area contributed by atoms with Crippen LogP contribution in [-0.2, 0) is 23.9 Å². The molecule has 6 nitrogen and oxygen atoms in total. The van der Waals surface area contributed by atoms with Crippen LogP contribution in [0.25, 0.3) is 0 Å². The van der Waals surface area contributed by atoms with Crippen LogP contribution in [0, 0.1) is 0 Å². The molecule has 0 rings (SSSR count).